The zero-order valence-corrected chi connectivity index (χ0v) is 16.0. The summed E-state index contributed by atoms with van der Waals surface area (Å²) in [5.41, 5.74) is 1.37. The van der Waals surface area contributed by atoms with Gasteiger partial charge in [-0.25, -0.2) is 4.79 Å². The van der Waals surface area contributed by atoms with E-state index in [0.29, 0.717) is 29.4 Å². The Morgan fingerprint density at radius 2 is 1.96 bits per heavy atom. The molecule has 2 rings (SSSR count). The summed E-state index contributed by atoms with van der Waals surface area (Å²) >= 11 is 1.38. The third-order valence-corrected chi connectivity index (χ3v) is 5.46. The molecule has 0 spiro atoms. The van der Waals surface area contributed by atoms with Crippen molar-refractivity contribution < 1.29 is 19.1 Å². The van der Waals surface area contributed by atoms with Crippen LogP contribution in [-0.4, -0.2) is 30.9 Å². The first kappa shape index (κ1) is 19.4. The summed E-state index contributed by atoms with van der Waals surface area (Å²) in [5, 5.41) is 6.12. The lowest BCUT2D eigenvalue weighted by Gasteiger charge is -2.08. The van der Waals surface area contributed by atoms with E-state index in [2.05, 4.69) is 10.6 Å². The highest BCUT2D eigenvalue weighted by Crippen LogP contribution is 2.37. The largest absolute Gasteiger partial charge is 0.462 e. The van der Waals surface area contributed by atoms with Crippen molar-refractivity contribution in [1.29, 1.82) is 0 Å². The molecule has 6 nitrogen and oxygen atoms in total. The van der Waals surface area contributed by atoms with Gasteiger partial charge in [0, 0.05) is 23.8 Å². The van der Waals surface area contributed by atoms with Crippen molar-refractivity contribution >= 4 is 34.1 Å². The molecule has 1 aromatic rings. The van der Waals surface area contributed by atoms with Crippen molar-refractivity contribution in [3.63, 3.8) is 0 Å². The lowest BCUT2D eigenvalue weighted by molar-refractivity contribution is -0.122. The Labute approximate surface area is 152 Å². The Kier molecular flexibility index (Phi) is 6.58. The Morgan fingerprint density at radius 3 is 2.52 bits per heavy atom. The van der Waals surface area contributed by atoms with Crippen molar-refractivity contribution in [3.05, 3.63) is 16.0 Å². The highest BCUT2D eigenvalue weighted by Gasteiger charge is 2.38. The minimum absolute atomic E-state index is 0.0211. The number of carbonyl (C=O) groups is 3. The number of hydrogen-bond donors (Lipinski definition) is 2. The lowest BCUT2D eigenvalue weighted by Crippen LogP contribution is -2.29. The van der Waals surface area contributed by atoms with Crippen LogP contribution in [0.2, 0.25) is 0 Å². The number of thiophene rings is 1. The molecule has 1 heterocycles. The van der Waals surface area contributed by atoms with E-state index < -0.39 is 5.97 Å². The maximum absolute atomic E-state index is 12.2. The van der Waals surface area contributed by atoms with Gasteiger partial charge >= 0.3 is 5.97 Å². The Morgan fingerprint density at radius 1 is 1.28 bits per heavy atom. The molecule has 1 fully saturated rings. The van der Waals surface area contributed by atoms with Gasteiger partial charge in [0.1, 0.15) is 5.00 Å². The number of aryl methyl sites for hydroxylation is 1. The van der Waals surface area contributed by atoms with Crippen LogP contribution in [-0.2, 0) is 20.7 Å². The molecule has 0 bridgehead atoms. The number of carbonyl (C=O) groups excluding carboxylic acids is 3. The van der Waals surface area contributed by atoms with Crippen molar-refractivity contribution in [3.8, 4) is 0 Å². The predicted octanol–water partition coefficient (Wildman–Crippen LogP) is 2.90. The van der Waals surface area contributed by atoms with Crippen LogP contribution in [0.4, 0.5) is 5.00 Å². The summed E-state index contributed by atoms with van der Waals surface area (Å²) in [5.74, 6) is -0.0607. The van der Waals surface area contributed by atoms with Crippen molar-refractivity contribution in [2.75, 3.05) is 18.5 Å². The number of rotatable bonds is 8. The monoisotopic (exact) mass is 366 g/mol. The van der Waals surface area contributed by atoms with Gasteiger partial charge in [-0.05, 0) is 38.2 Å². The quantitative estimate of drug-likeness (QED) is 0.693. The fourth-order valence-electron chi connectivity index (χ4n) is 2.82. The summed E-state index contributed by atoms with van der Waals surface area (Å²) < 4.78 is 5.12. The molecule has 1 aliphatic carbocycles. The summed E-state index contributed by atoms with van der Waals surface area (Å²) in [6.45, 7) is 8.28. The zero-order valence-electron chi connectivity index (χ0n) is 15.2. The average molecular weight is 366 g/mol. The van der Waals surface area contributed by atoms with Gasteiger partial charge in [0.25, 0.3) is 0 Å². The van der Waals surface area contributed by atoms with Gasteiger partial charge in [0.15, 0.2) is 0 Å². The van der Waals surface area contributed by atoms with Gasteiger partial charge in [0.05, 0.1) is 12.2 Å². The first-order chi connectivity index (χ1) is 11.9. The maximum Gasteiger partial charge on any atom is 0.341 e. The van der Waals surface area contributed by atoms with Gasteiger partial charge in [-0.15, -0.1) is 11.3 Å². The van der Waals surface area contributed by atoms with E-state index in [9.17, 15) is 14.4 Å². The summed E-state index contributed by atoms with van der Waals surface area (Å²) in [6, 6.07) is 0. The fourth-order valence-corrected chi connectivity index (χ4v) is 3.97. The molecule has 0 saturated heterocycles. The number of esters is 1. The third-order valence-electron chi connectivity index (χ3n) is 4.39. The second-order valence-electron chi connectivity index (χ2n) is 6.32. The van der Waals surface area contributed by atoms with E-state index in [-0.39, 0.29) is 30.8 Å². The van der Waals surface area contributed by atoms with Gasteiger partial charge in [0.2, 0.25) is 11.8 Å². The highest BCUT2D eigenvalue weighted by atomic mass is 32.1. The van der Waals surface area contributed by atoms with Crippen LogP contribution < -0.4 is 10.6 Å². The second kappa shape index (κ2) is 8.47. The van der Waals surface area contributed by atoms with Gasteiger partial charge < -0.3 is 15.4 Å². The molecule has 2 atom stereocenters. The Hall–Kier alpha value is -1.89. The van der Waals surface area contributed by atoms with Gasteiger partial charge in [-0.3, -0.25) is 9.59 Å². The van der Waals surface area contributed by atoms with Crippen molar-refractivity contribution in [2.24, 2.45) is 11.8 Å². The third kappa shape index (κ3) is 4.81. The minimum Gasteiger partial charge on any atom is -0.462 e. The molecule has 1 saturated carbocycles. The van der Waals surface area contributed by atoms with Crippen LogP contribution in [0.1, 0.15) is 54.4 Å². The first-order valence-electron chi connectivity index (χ1n) is 8.75. The van der Waals surface area contributed by atoms with Crippen LogP contribution in [0.15, 0.2) is 0 Å². The molecule has 7 heteroatoms. The molecular weight excluding hydrogens is 340 g/mol. The van der Waals surface area contributed by atoms with E-state index in [1.165, 1.54) is 11.3 Å². The second-order valence-corrected chi connectivity index (χ2v) is 7.55. The van der Waals surface area contributed by atoms with Crippen LogP contribution in [0.5, 0.6) is 0 Å². The van der Waals surface area contributed by atoms with Crippen LogP contribution in [0.3, 0.4) is 0 Å². The minimum atomic E-state index is -0.407. The fraction of sp³-hybridized carbons (Fsp3) is 0.611. The van der Waals surface area contributed by atoms with Gasteiger partial charge in [-0.1, -0.05) is 13.8 Å². The highest BCUT2D eigenvalue weighted by molar-refractivity contribution is 7.16. The molecule has 1 aromatic heterocycles. The number of hydrogen-bond acceptors (Lipinski definition) is 5. The lowest BCUT2D eigenvalue weighted by atomic mass is 10.1. The molecule has 2 unspecified atom stereocenters. The molecule has 0 aliphatic heterocycles. The van der Waals surface area contributed by atoms with Crippen LogP contribution in [0.25, 0.3) is 0 Å². The smallest absolute Gasteiger partial charge is 0.341 e. The number of anilines is 1. The molecule has 138 valence electrons. The van der Waals surface area contributed by atoms with E-state index >= 15 is 0 Å². The van der Waals surface area contributed by atoms with Crippen molar-refractivity contribution in [2.45, 2.75) is 47.0 Å². The summed E-state index contributed by atoms with van der Waals surface area (Å²) in [6.07, 6.45) is 1.80. The molecule has 2 amide bonds. The molecule has 25 heavy (non-hydrogen) atoms. The zero-order chi connectivity index (χ0) is 18.6. The molecule has 2 N–H and O–H groups in total. The van der Waals surface area contributed by atoms with Crippen molar-refractivity contribution in [1.82, 2.24) is 5.32 Å². The predicted molar refractivity (Wildman–Crippen MR) is 97.9 cm³/mol. The first-order valence-corrected chi connectivity index (χ1v) is 9.57. The number of nitrogens with one attached hydrogen (secondary N) is 2. The molecule has 1 aliphatic rings. The van der Waals surface area contributed by atoms with E-state index in [0.717, 1.165) is 16.9 Å². The van der Waals surface area contributed by atoms with E-state index in [4.69, 9.17) is 4.74 Å². The molecule has 0 aromatic carbocycles. The summed E-state index contributed by atoms with van der Waals surface area (Å²) in [7, 11) is 0. The Bertz CT molecular complexity index is 668. The standard InChI is InChI=1S/C18H26N2O4S/c1-5-12-11(4)25-17(15(12)18(23)24-6-2)20-14(21)7-8-19-16(22)13-9-10(13)3/h10,13H,5-9H2,1-4H3,(H,19,22)(H,20,21). The normalized spacial score (nSPS) is 18.6. The van der Waals surface area contributed by atoms with E-state index in [1.54, 1.807) is 6.92 Å². The SMILES string of the molecule is CCOC(=O)c1c(NC(=O)CCNC(=O)C2CC2C)sc(C)c1CC. The maximum atomic E-state index is 12.2. The average Bonchev–Trinajstić information content (AvgIpc) is 3.20. The van der Waals surface area contributed by atoms with E-state index in [1.807, 2.05) is 20.8 Å². The summed E-state index contributed by atoms with van der Waals surface area (Å²) in [4.78, 5) is 37.2. The molecular formula is C18H26N2O4S. The number of amides is 2. The molecule has 0 radical (unpaired) electrons. The van der Waals surface area contributed by atoms with Crippen LogP contribution >= 0.6 is 11.3 Å². The van der Waals surface area contributed by atoms with Crippen LogP contribution in [0, 0.1) is 18.8 Å². The Balaban J connectivity index is 1.95. The number of ether oxygens (including phenoxy) is 1. The topological polar surface area (TPSA) is 84.5 Å². The van der Waals surface area contributed by atoms with Gasteiger partial charge in [-0.2, -0.15) is 0 Å².